The highest BCUT2D eigenvalue weighted by Crippen LogP contribution is 2.25. The molecule has 0 fully saturated rings. The van der Waals surface area contributed by atoms with E-state index < -0.39 is 12.4 Å². The fourth-order valence-electron chi connectivity index (χ4n) is 1.44. The zero-order chi connectivity index (χ0) is 11.5. The van der Waals surface area contributed by atoms with Gasteiger partial charge < -0.3 is 9.84 Å². The van der Waals surface area contributed by atoms with E-state index in [1.54, 1.807) is 6.07 Å². The SMILES string of the molecule is COc1ccc(-n2cncn2)c(CO)c1F. The summed E-state index contributed by atoms with van der Waals surface area (Å²) in [6.07, 6.45) is 2.77. The van der Waals surface area contributed by atoms with Crippen LogP contribution < -0.4 is 4.74 Å². The van der Waals surface area contributed by atoms with Crippen LogP contribution in [0.4, 0.5) is 4.39 Å². The van der Waals surface area contributed by atoms with E-state index in [1.807, 2.05) is 0 Å². The molecule has 0 saturated heterocycles. The second-order valence-electron chi connectivity index (χ2n) is 3.08. The molecule has 0 radical (unpaired) electrons. The second kappa shape index (κ2) is 4.28. The van der Waals surface area contributed by atoms with Gasteiger partial charge in [0.05, 0.1) is 19.4 Å². The zero-order valence-corrected chi connectivity index (χ0v) is 8.59. The molecule has 84 valence electrons. The summed E-state index contributed by atoms with van der Waals surface area (Å²) in [5.74, 6) is -0.495. The molecule has 0 amide bonds. The molecule has 0 saturated carbocycles. The first-order valence-electron chi connectivity index (χ1n) is 4.59. The van der Waals surface area contributed by atoms with E-state index in [2.05, 4.69) is 10.1 Å². The van der Waals surface area contributed by atoms with Crippen molar-refractivity contribution in [3.8, 4) is 11.4 Å². The minimum absolute atomic E-state index is 0.0907. The maximum Gasteiger partial charge on any atom is 0.172 e. The lowest BCUT2D eigenvalue weighted by atomic mass is 10.1. The third kappa shape index (κ3) is 1.63. The van der Waals surface area contributed by atoms with Crippen LogP contribution in [-0.4, -0.2) is 27.0 Å². The van der Waals surface area contributed by atoms with Gasteiger partial charge in [-0.2, -0.15) is 5.10 Å². The summed E-state index contributed by atoms with van der Waals surface area (Å²) in [6, 6.07) is 3.09. The van der Waals surface area contributed by atoms with Crippen molar-refractivity contribution in [2.24, 2.45) is 0 Å². The second-order valence-corrected chi connectivity index (χ2v) is 3.08. The Morgan fingerprint density at radius 2 is 2.31 bits per heavy atom. The number of aromatic nitrogens is 3. The molecule has 0 unspecified atom stereocenters. The van der Waals surface area contributed by atoms with Crippen LogP contribution in [0.5, 0.6) is 5.75 Å². The number of rotatable bonds is 3. The molecule has 1 aromatic carbocycles. The van der Waals surface area contributed by atoms with Crippen molar-refractivity contribution in [2.75, 3.05) is 7.11 Å². The van der Waals surface area contributed by atoms with E-state index in [1.165, 1.54) is 30.5 Å². The zero-order valence-electron chi connectivity index (χ0n) is 8.59. The molecule has 0 spiro atoms. The van der Waals surface area contributed by atoms with Gasteiger partial charge in [0.2, 0.25) is 0 Å². The van der Waals surface area contributed by atoms with E-state index in [-0.39, 0.29) is 11.3 Å². The van der Waals surface area contributed by atoms with Gasteiger partial charge in [-0.3, -0.25) is 0 Å². The maximum absolute atomic E-state index is 13.8. The van der Waals surface area contributed by atoms with Gasteiger partial charge in [-0.15, -0.1) is 0 Å². The largest absolute Gasteiger partial charge is 0.494 e. The summed E-state index contributed by atoms with van der Waals surface area (Å²) < 4.78 is 20.0. The van der Waals surface area contributed by atoms with Gasteiger partial charge in [-0.05, 0) is 12.1 Å². The van der Waals surface area contributed by atoms with Crippen LogP contribution in [0.15, 0.2) is 24.8 Å². The van der Waals surface area contributed by atoms with Crippen LogP contribution in [0.25, 0.3) is 5.69 Å². The molecular weight excluding hydrogens is 213 g/mol. The molecule has 1 aromatic heterocycles. The smallest absolute Gasteiger partial charge is 0.172 e. The number of aliphatic hydroxyl groups is 1. The van der Waals surface area contributed by atoms with Gasteiger partial charge >= 0.3 is 0 Å². The lowest BCUT2D eigenvalue weighted by molar-refractivity contribution is 0.272. The van der Waals surface area contributed by atoms with Crippen molar-refractivity contribution >= 4 is 0 Å². The van der Waals surface area contributed by atoms with E-state index in [4.69, 9.17) is 9.84 Å². The van der Waals surface area contributed by atoms with Crippen LogP contribution in [0.3, 0.4) is 0 Å². The predicted octanol–water partition coefficient (Wildman–Crippen LogP) is 0.907. The van der Waals surface area contributed by atoms with Crippen molar-refractivity contribution in [2.45, 2.75) is 6.61 Å². The lowest BCUT2D eigenvalue weighted by Gasteiger charge is -2.10. The first-order chi connectivity index (χ1) is 7.77. The third-order valence-electron chi connectivity index (χ3n) is 2.23. The fourth-order valence-corrected chi connectivity index (χ4v) is 1.44. The highest BCUT2D eigenvalue weighted by atomic mass is 19.1. The molecule has 0 aliphatic heterocycles. The number of ether oxygens (including phenoxy) is 1. The molecule has 0 aliphatic rings. The molecule has 6 heteroatoms. The molecule has 0 bridgehead atoms. The predicted molar refractivity (Wildman–Crippen MR) is 53.8 cm³/mol. The Labute approximate surface area is 91.1 Å². The molecule has 0 aliphatic carbocycles. The quantitative estimate of drug-likeness (QED) is 0.840. The molecule has 16 heavy (non-hydrogen) atoms. The van der Waals surface area contributed by atoms with Gasteiger partial charge in [0.25, 0.3) is 0 Å². The molecule has 1 N–H and O–H groups in total. The number of halogens is 1. The molecule has 1 heterocycles. The van der Waals surface area contributed by atoms with E-state index in [0.29, 0.717) is 5.69 Å². The topological polar surface area (TPSA) is 60.2 Å². The van der Waals surface area contributed by atoms with Gasteiger partial charge in [0.1, 0.15) is 12.7 Å². The van der Waals surface area contributed by atoms with Crippen molar-refractivity contribution in [3.63, 3.8) is 0 Å². The monoisotopic (exact) mass is 223 g/mol. The standard InChI is InChI=1S/C10H10FN3O2/c1-16-9-3-2-8(7(4-15)10(9)11)14-6-12-5-13-14/h2-3,5-6,15H,4H2,1H3. The van der Waals surface area contributed by atoms with Crippen LogP contribution in [0.2, 0.25) is 0 Å². The summed E-state index contributed by atoms with van der Waals surface area (Å²) in [7, 11) is 1.37. The Morgan fingerprint density at radius 3 is 2.88 bits per heavy atom. The van der Waals surface area contributed by atoms with Gasteiger partial charge in [0.15, 0.2) is 11.6 Å². The summed E-state index contributed by atoms with van der Waals surface area (Å²) in [6.45, 7) is -0.432. The van der Waals surface area contributed by atoms with Crippen LogP contribution in [0.1, 0.15) is 5.56 Å². The summed E-state index contributed by atoms with van der Waals surface area (Å²) >= 11 is 0. The van der Waals surface area contributed by atoms with Gasteiger partial charge in [-0.1, -0.05) is 0 Å². The van der Waals surface area contributed by atoms with E-state index in [9.17, 15) is 4.39 Å². The third-order valence-corrected chi connectivity index (χ3v) is 2.23. The molecule has 5 nitrogen and oxygen atoms in total. The Bertz CT molecular complexity index is 485. The Kier molecular flexibility index (Phi) is 2.82. The number of methoxy groups -OCH3 is 1. The normalized spacial score (nSPS) is 10.4. The minimum atomic E-state index is -0.585. The van der Waals surface area contributed by atoms with Crippen molar-refractivity contribution in [1.29, 1.82) is 0 Å². The lowest BCUT2D eigenvalue weighted by Crippen LogP contribution is -2.04. The Morgan fingerprint density at radius 1 is 1.50 bits per heavy atom. The maximum atomic E-state index is 13.8. The summed E-state index contributed by atoms with van der Waals surface area (Å²) in [4.78, 5) is 3.76. The highest BCUT2D eigenvalue weighted by molar-refractivity contribution is 5.46. The summed E-state index contributed by atoms with van der Waals surface area (Å²) in [5, 5.41) is 13.0. The first-order valence-corrected chi connectivity index (χ1v) is 4.59. The number of benzene rings is 1. The number of aliphatic hydroxyl groups excluding tert-OH is 1. The molecule has 2 rings (SSSR count). The van der Waals surface area contributed by atoms with E-state index in [0.717, 1.165) is 0 Å². The average molecular weight is 223 g/mol. The molecular formula is C10H10FN3O2. The minimum Gasteiger partial charge on any atom is -0.494 e. The first kappa shape index (κ1) is 10.6. The summed E-state index contributed by atoms with van der Waals surface area (Å²) in [5.41, 5.74) is 0.572. The van der Waals surface area contributed by atoms with Crippen LogP contribution in [-0.2, 0) is 6.61 Å². The highest BCUT2D eigenvalue weighted by Gasteiger charge is 2.14. The van der Waals surface area contributed by atoms with Crippen LogP contribution >= 0.6 is 0 Å². The van der Waals surface area contributed by atoms with Crippen molar-refractivity contribution in [1.82, 2.24) is 14.8 Å². The van der Waals surface area contributed by atoms with Crippen molar-refractivity contribution in [3.05, 3.63) is 36.2 Å². The Balaban J connectivity index is 2.59. The van der Waals surface area contributed by atoms with Crippen molar-refractivity contribution < 1.29 is 14.2 Å². The van der Waals surface area contributed by atoms with E-state index >= 15 is 0 Å². The van der Waals surface area contributed by atoms with Gasteiger partial charge in [-0.25, -0.2) is 14.1 Å². The molecule has 2 aromatic rings. The number of nitrogens with zero attached hydrogens (tertiary/aromatic N) is 3. The molecule has 0 atom stereocenters. The fraction of sp³-hybridized carbons (Fsp3) is 0.200. The number of hydrogen-bond donors (Lipinski definition) is 1. The van der Waals surface area contributed by atoms with Gasteiger partial charge in [0, 0.05) is 5.56 Å². The average Bonchev–Trinajstić information content (AvgIpc) is 2.82. The Hall–Kier alpha value is -1.95. The van der Waals surface area contributed by atoms with Crippen LogP contribution in [0, 0.1) is 5.82 Å². The number of hydrogen-bond acceptors (Lipinski definition) is 4.